The summed E-state index contributed by atoms with van der Waals surface area (Å²) < 4.78 is 0.915. The summed E-state index contributed by atoms with van der Waals surface area (Å²) >= 11 is 3.37. The third-order valence-corrected chi connectivity index (χ3v) is 5.15. The van der Waals surface area contributed by atoms with Gasteiger partial charge in [-0.3, -0.25) is 14.4 Å². The molecule has 2 aromatic rings. The van der Waals surface area contributed by atoms with Crippen molar-refractivity contribution in [2.45, 2.75) is 25.1 Å². The van der Waals surface area contributed by atoms with Crippen molar-refractivity contribution in [1.82, 2.24) is 9.96 Å². The number of hydrogen-bond donors (Lipinski definition) is 0. The normalized spacial score (nSPS) is 22.4. The highest BCUT2D eigenvalue weighted by Crippen LogP contribution is 2.32. The Kier molecular flexibility index (Phi) is 4.31. The zero-order chi connectivity index (χ0) is 17.4. The highest BCUT2D eigenvalue weighted by Gasteiger charge is 2.51. The van der Waals surface area contributed by atoms with Gasteiger partial charge in [0.15, 0.2) is 0 Å². The fraction of sp³-hybridized carbons (Fsp3) is 0.263. The van der Waals surface area contributed by atoms with E-state index < -0.39 is 6.04 Å². The van der Waals surface area contributed by atoms with Crippen LogP contribution in [0.1, 0.15) is 22.3 Å². The number of hydrogen-bond acceptors (Lipinski definition) is 3. The van der Waals surface area contributed by atoms with E-state index in [1.54, 1.807) is 17.0 Å². The molecule has 0 radical (unpaired) electrons. The van der Waals surface area contributed by atoms with Gasteiger partial charge in [-0.25, -0.2) is 5.06 Å². The lowest BCUT2D eigenvalue weighted by molar-refractivity contribution is -0.177. The summed E-state index contributed by atoms with van der Waals surface area (Å²) in [5.74, 6) is -0.268. The maximum Gasteiger partial charge on any atom is 0.272 e. The molecule has 0 saturated carbocycles. The molecule has 0 aromatic heterocycles. The van der Waals surface area contributed by atoms with Gasteiger partial charge < -0.3 is 4.90 Å². The molecule has 2 fully saturated rings. The Bertz CT molecular complexity index is 794. The average molecular weight is 401 g/mol. The van der Waals surface area contributed by atoms with Gasteiger partial charge in [-0.1, -0.05) is 46.3 Å². The highest BCUT2D eigenvalue weighted by atomic mass is 79.9. The molecule has 6 heteroatoms. The van der Waals surface area contributed by atoms with Crippen molar-refractivity contribution in [1.29, 1.82) is 0 Å². The molecule has 4 rings (SSSR count). The largest absolute Gasteiger partial charge is 0.324 e. The third-order valence-electron chi connectivity index (χ3n) is 4.62. The van der Waals surface area contributed by atoms with E-state index in [0.717, 1.165) is 10.0 Å². The molecule has 2 heterocycles. The second-order valence-corrected chi connectivity index (χ2v) is 7.16. The Balaban J connectivity index is 1.51. The predicted octanol–water partition coefficient (Wildman–Crippen LogP) is 3.01. The number of benzene rings is 2. The van der Waals surface area contributed by atoms with Crippen LogP contribution in [0.4, 0.5) is 0 Å². The second-order valence-electron chi connectivity index (χ2n) is 6.24. The fourth-order valence-corrected chi connectivity index (χ4v) is 3.64. The van der Waals surface area contributed by atoms with E-state index in [1.165, 1.54) is 5.06 Å². The number of fused-ring (bicyclic) bond motifs is 1. The number of carbonyl (C=O) groups excluding carboxylic acids is 2. The minimum Gasteiger partial charge on any atom is -0.324 e. The molecule has 5 nitrogen and oxygen atoms in total. The van der Waals surface area contributed by atoms with Crippen molar-refractivity contribution >= 4 is 27.7 Å². The Morgan fingerprint density at radius 3 is 2.56 bits per heavy atom. The van der Waals surface area contributed by atoms with Crippen molar-refractivity contribution in [3.8, 4) is 0 Å². The van der Waals surface area contributed by atoms with Crippen LogP contribution < -0.4 is 0 Å². The molecular weight excluding hydrogens is 384 g/mol. The highest BCUT2D eigenvalue weighted by molar-refractivity contribution is 9.10. The van der Waals surface area contributed by atoms with Crippen LogP contribution in [0.3, 0.4) is 0 Å². The third kappa shape index (κ3) is 3.07. The number of rotatable bonds is 3. The Labute approximate surface area is 154 Å². The van der Waals surface area contributed by atoms with Gasteiger partial charge in [0.1, 0.15) is 12.1 Å². The van der Waals surface area contributed by atoms with Crippen molar-refractivity contribution < 1.29 is 14.4 Å². The van der Waals surface area contributed by atoms with Gasteiger partial charge in [0.25, 0.3) is 11.8 Å². The van der Waals surface area contributed by atoms with Crippen molar-refractivity contribution in [2.75, 3.05) is 6.54 Å². The van der Waals surface area contributed by atoms with Gasteiger partial charge in [-0.05, 0) is 36.2 Å². The summed E-state index contributed by atoms with van der Waals surface area (Å²) in [7, 11) is 0. The van der Waals surface area contributed by atoms with Crippen LogP contribution in [0.25, 0.3) is 0 Å². The van der Waals surface area contributed by atoms with E-state index >= 15 is 0 Å². The molecule has 0 bridgehead atoms. The molecule has 2 aliphatic rings. The lowest BCUT2D eigenvalue weighted by Gasteiger charge is -2.22. The van der Waals surface area contributed by atoms with Gasteiger partial charge in [0.2, 0.25) is 0 Å². The standard InChI is InChI=1S/C19H17BrN2O3/c20-15-8-6-14(7-9-15)18(23)21-11-10-16-17(21)19(24)22(25-16)12-13-4-2-1-3-5-13/h1-9,16-17H,10-12H2/t16-,17-/m0/s1. The quantitative estimate of drug-likeness (QED) is 0.795. The number of hydroxylamine groups is 2. The zero-order valence-corrected chi connectivity index (χ0v) is 15.1. The first kappa shape index (κ1) is 16.3. The van der Waals surface area contributed by atoms with E-state index in [1.807, 2.05) is 42.5 Å². The van der Waals surface area contributed by atoms with Crippen LogP contribution >= 0.6 is 15.9 Å². The molecule has 2 saturated heterocycles. The maximum absolute atomic E-state index is 12.8. The number of halogens is 1. The zero-order valence-electron chi connectivity index (χ0n) is 13.5. The summed E-state index contributed by atoms with van der Waals surface area (Å²) in [4.78, 5) is 33.0. The Hall–Kier alpha value is -2.18. The fourth-order valence-electron chi connectivity index (χ4n) is 3.38. The van der Waals surface area contributed by atoms with Crippen molar-refractivity contribution in [3.05, 3.63) is 70.2 Å². The van der Waals surface area contributed by atoms with E-state index in [4.69, 9.17) is 4.84 Å². The van der Waals surface area contributed by atoms with Crippen LogP contribution in [-0.4, -0.2) is 40.5 Å². The Morgan fingerprint density at radius 1 is 1.12 bits per heavy atom. The molecule has 0 unspecified atom stereocenters. The van der Waals surface area contributed by atoms with Gasteiger partial charge in [0.05, 0.1) is 6.54 Å². The minimum atomic E-state index is -0.528. The first-order chi connectivity index (χ1) is 12.1. The maximum atomic E-state index is 12.8. The smallest absolute Gasteiger partial charge is 0.272 e. The van der Waals surface area contributed by atoms with Crippen molar-refractivity contribution in [3.63, 3.8) is 0 Å². The monoisotopic (exact) mass is 400 g/mol. The number of nitrogens with zero attached hydrogens (tertiary/aromatic N) is 2. The van der Waals surface area contributed by atoms with Gasteiger partial charge in [0, 0.05) is 16.6 Å². The van der Waals surface area contributed by atoms with E-state index in [9.17, 15) is 9.59 Å². The van der Waals surface area contributed by atoms with E-state index in [2.05, 4.69) is 15.9 Å². The topological polar surface area (TPSA) is 49.9 Å². The minimum absolute atomic E-state index is 0.126. The average Bonchev–Trinajstić information content (AvgIpc) is 3.17. The summed E-state index contributed by atoms with van der Waals surface area (Å²) in [6, 6.07) is 16.4. The molecule has 0 aliphatic carbocycles. The molecule has 2 aromatic carbocycles. The predicted molar refractivity (Wildman–Crippen MR) is 95.4 cm³/mol. The number of carbonyl (C=O) groups is 2. The summed E-state index contributed by atoms with van der Waals surface area (Å²) in [5, 5.41) is 1.39. The Morgan fingerprint density at radius 2 is 1.84 bits per heavy atom. The first-order valence-electron chi connectivity index (χ1n) is 8.22. The van der Waals surface area contributed by atoms with Crippen LogP contribution in [0.5, 0.6) is 0 Å². The van der Waals surface area contributed by atoms with Crippen LogP contribution in [0.2, 0.25) is 0 Å². The molecule has 2 aliphatic heterocycles. The molecule has 25 heavy (non-hydrogen) atoms. The summed E-state index contributed by atoms with van der Waals surface area (Å²) in [6.07, 6.45) is 0.417. The molecule has 2 atom stereocenters. The van der Waals surface area contributed by atoms with Gasteiger partial charge in [-0.2, -0.15) is 0 Å². The van der Waals surface area contributed by atoms with Crippen LogP contribution in [0, 0.1) is 0 Å². The summed E-state index contributed by atoms with van der Waals surface area (Å²) in [6.45, 7) is 0.933. The van der Waals surface area contributed by atoms with Crippen LogP contribution in [-0.2, 0) is 16.2 Å². The lowest BCUT2D eigenvalue weighted by atomic mass is 10.1. The molecular formula is C19H17BrN2O3. The SMILES string of the molecule is O=C1[C@@H]2[C@H](CCN2C(=O)c2ccc(Br)cc2)ON1Cc1ccccc1. The molecule has 2 amide bonds. The van der Waals surface area contributed by atoms with E-state index in [0.29, 0.717) is 25.1 Å². The first-order valence-corrected chi connectivity index (χ1v) is 9.01. The molecule has 0 spiro atoms. The number of likely N-dealkylation sites (tertiary alicyclic amines) is 1. The van der Waals surface area contributed by atoms with Crippen LogP contribution in [0.15, 0.2) is 59.1 Å². The van der Waals surface area contributed by atoms with Gasteiger partial charge >= 0.3 is 0 Å². The summed E-state index contributed by atoms with van der Waals surface area (Å²) in [5.41, 5.74) is 1.58. The second kappa shape index (κ2) is 6.61. The molecule has 0 N–H and O–H groups in total. The molecule has 128 valence electrons. The van der Waals surface area contributed by atoms with Crippen molar-refractivity contribution in [2.24, 2.45) is 0 Å². The number of amides is 2. The van der Waals surface area contributed by atoms with Gasteiger partial charge in [-0.15, -0.1) is 0 Å². The van der Waals surface area contributed by atoms with E-state index in [-0.39, 0.29) is 17.9 Å². The lowest BCUT2D eigenvalue weighted by Crippen LogP contribution is -2.43.